The molecule has 2 aromatic heterocycles. The van der Waals surface area contributed by atoms with Gasteiger partial charge in [-0.15, -0.1) is 0 Å². The molecule has 0 saturated heterocycles. The molecule has 150 valence electrons. The SMILES string of the molecule is COC(=O)c1cnc(CCCNc2cc(-c3cccc(C)c3C)nc(N)n2)cn1. The Hall–Kier alpha value is -3.55. The summed E-state index contributed by atoms with van der Waals surface area (Å²) < 4.78 is 4.61. The summed E-state index contributed by atoms with van der Waals surface area (Å²) in [6.45, 7) is 4.83. The molecular formula is C21H24N6O2. The van der Waals surface area contributed by atoms with Gasteiger partial charge in [0.1, 0.15) is 5.82 Å². The highest BCUT2D eigenvalue weighted by molar-refractivity contribution is 5.86. The van der Waals surface area contributed by atoms with E-state index in [1.54, 1.807) is 6.20 Å². The van der Waals surface area contributed by atoms with Gasteiger partial charge in [-0.3, -0.25) is 4.98 Å². The second-order valence-electron chi connectivity index (χ2n) is 6.66. The predicted molar refractivity (Wildman–Crippen MR) is 112 cm³/mol. The second-order valence-corrected chi connectivity index (χ2v) is 6.66. The summed E-state index contributed by atoms with van der Waals surface area (Å²) in [6.07, 6.45) is 4.55. The van der Waals surface area contributed by atoms with Crippen molar-refractivity contribution in [3.05, 3.63) is 59.2 Å². The Morgan fingerprint density at radius 3 is 2.72 bits per heavy atom. The van der Waals surface area contributed by atoms with Crippen LogP contribution in [0.1, 0.15) is 33.7 Å². The Kier molecular flexibility index (Phi) is 6.33. The molecule has 0 saturated carbocycles. The summed E-state index contributed by atoms with van der Waals surface area (Å²) in [5.74, 6) is 0.419. The van der Waals surface area contributed by atoms with Crippen LogP contribution in [0.4, 0.5) is 11.8 Å². The molecule has 0 aliphatic rings. The summed E-state index contributed by atoms with van der Waals surface area (Å²) >= 11 is 0. The van der Waals surface area contributed by atoms with E-state index < -0.39 is 5.97 Å². The summed E-state index contributed by atoms with van der Waals surface area (Å²) in [5, 5.41) is 3.29. The van der Waals surface area contributed by atoms with Crippen LogP contribution in [0.15, 0.2) is 36.7 Å². The molecule has 3 aromatic rings. The normalized spacial score (nSPS) is 10.6. The van der Waals surface area contributed by atoms with Gasteiger partial charge in [-0.05, 0) is 37.8 Å². The number of hydrogen-bond donors (Lipinski definition) is 2. The van der Waals surface area contributed by atoms with Crippen molar-refractivity contribution in [2.75, 3.05) is 24.7 Å². The number of nitrogens with one attached hydrogen (secondary N) is 1. The third kappa shape index (κ3) is 5.04. The topological polar surface area (TPSA) is 116 Å². The molecule has 0 bridgehead atoms. The highest BCUT2D eigenvalue weighted by Gasteiger charge is 2.09. The number of carbonyl (C=O) groups is 1. The van der Waals surface area contributed by atoms with Crippen molar-refractivity contribution < 1.29 is 9.53 Å². The van der Waals surface area contributed by atoms with E-state index >= 15 is 0 Å². The quantitative estimate of drug-likeness (QED) is 0.466. The van der Waals surface area contributed by atoms with Gasteiger partial charge < -0.3 is 15.8 Å². The first kappa shape index (κ1) is 20.2. The van der Waals surface area contributed by atoms with Gasteiger partial charge in [0.05, 0.1) is 24.7 Å². The summed E-state index contributed by atoms with van der Waals surface area (Å²) in [5.41, 5.74) is 11.1. The second kappa shape index (κ2) is 9.09. The third-order valence-electron chi connectivity index (χ3n) is 4.64. The van der Waals surface area contributed by atoms with Crippen molar-refractivity contribution in [1.29, 1.82) is 0 Å². The number of nitrogens with zero attached hydrogens (tertiary/aromatic N) is 4. The van der Waals surface area contributed by atoms with Crippen LogP contribution in [0.3, 0.4) is 0 Å². The van der Waals surface area contributed by atoms with Gasteiger partial charge in [-0.2, -0.15) is 4.98 Å². The third-order valence-corrected chi connectivity index (χ3v) is 4.64. The van der Waals surface area contributed by atoms with Crippen molar-refractivity contribution in [2.24, 2.45) is 0 Å². The fraction of sp³-hybridized carbons (Fsp3) is 0.286. The lowest BCUT2D eigenvalue weighted by atomic mass is 10.0. The molecule has 2 heterocycles. The summed E-state index contributed by atoms with van der Waals surface area (Å²) in [6, 6.07) is 8.02. The molecule has 29 heavy (non-hydrogen) atoms. The molecular weight excluding hydrogens is 368 g/mol. The number of hydrogen-bond acceptors (Lipinski definition) is 8. The molecule has 0 atom stereocenters. The molecule has 1 aromatic carbocycles. The zero-order chi connectivity index (χ0) is 20.8. The Morgan fingerprint density at radius 1 is 1.17 bits per heavy atom. The molecule has 0 amide bonds. The fourth-order valence-corrected chi connectivity index (χ4v) is 2.90. The zero-order valence-corrected chi connectivity index (χ0v) is 16.8. The minimum Gasteiger partial charge on any atom is -0.464 e. The first-order valence-electron chi connectivity index (χ1n) is 9.32. The van der Waals surface area contributed by atoms with Crippen LogP contribution in [0.5, 0.6) is 0 Å². The largest absolute Gasteiger partial charge is 0.464 e. The van der Waals surface area contributed by atoms with Crippen LogP contribution in [0, 0.1) is 13.8 Å². The van der Waals surface area contributed by atoms with E-state index in [4.69, 9.17) is 5.73 Å². The lowest BCUT2D eigenvalue weighted by Gasteiger charge is -2.11. The van der Waals surface area contributed by atoms with E-state index in [1.165, 1.54) is 24.4 Å². The molecule has 3 N–H and O–H groups in total. The van der Waals surface area contributed by atoms with Crippen molar-refractivity contribution in [3.8, 4) is 11.3 Å². The van der Waals surface area contributed by atoms with E-state index in [-0.39, 0.29) is 11.6 Å². The minimum absolute atomic E-state index is 0.199. The van der Waals surface area contributed by atoms with Gasteiger partial charge in [-0.25, -0.2) is 14.8 Å². The van der Waals surface area contributed by atoms with Crippen molar-refractivity contribution in [1.82, 2.24) is 19.9 Å². The Morgan fingerprint density at radius 2 is 2.00 bits per heavy atom. The Balaban J connectivity index is 1.60. The molecule has 8 heteroatoms. The van der Waals surface area contributed by atoms with Gasteiger partial charge in [0.15, 0.2) is 5.69 Å². The number of anilines is 2. The molecule has 0 aliphatic heterocycles. The molecule has 0 unspecified atom stereocenters. The van der Waals surface area contributed by atoms with Crippen molar-refractivity contribution in [3.63, 3.8) is 0 Å². The molecule has 3 rings (SSSR count). The van der Waals surface area contributed by atoms with E-state index in [0.29, 0.717) is 18.8 Å². The van der Waals surface area contributed by atoms with Gasteiger partial charge in [-0.1, -0.05) is 18.2 Å². The number of ether oxygens (including phenoxy) is 1. The maximum absolute atomic E-state index is 11.4. The molecule has 0 radical (unpaired) electrons. The van der Waals surface area contributed by atoms with Gasteiger partial charge in [0.2, 0.25) is 5.95 Å². The van der Waals surface area contributed by atoms with Gasteiger partial charge >= 0.3 is 5.97 Å². The number of benzene rings is 1. The van der Waals surface area contributed by atoms with E-state index in [9.17, 15) is 4.79 Å². The number of rotatable bonds is 7. The highest BCUT2D eigenvalue weighted by Crippen LogP contribution is 2.26. The lowest BCUT2D eigenvalue weighted by molar-refractivity contribution is 0.0593. The van der Waals surface area contributed by atoms with Crippen LogP contribution in [0.25, 0.3) is 11.3 Å². The van der Waals surface area contributed by atoms with Crippen LogP contribution in [-0.2, 0) is 11.2 Å². The number of esters is 1. The number of aromatic nitrogens is 4. The highest BCUT2D eigenvalue weighted by atomic mass is 16.5. The van der Waals surface area contributed by atoms with Crippen molar-refractivity contribution >= 4 is 17.7 Å². The molecule has 0 spiro atoms. The van der Waals surface area contributed by atoms with Crippen LogP contribution in [-0.4, -0.2) is 39.6 Å². The minimum atomic E-state index is -0.494. The first-order valence-corrected chi connectivity index (χ1v) is 9.32. The maximum atomic E-state index is 11.4. The fourth-order valence-electron chi connectivity index (χ4n) is 2.90. The number of carbonyl (C=O) groups excluding carboxylic acids is 1. The number of nitrogen functional groups attached to an aromatic ring is 1. The van der Waals surface area contributed by atoms with Crippen LogP contribution < -0.4 is 11.1 Å². The standard InChI is InChI=1S/C21H24N6O2/c1-13-6-4-8-16(14(13)2)17-10-19(27-21(22)26-17)23-9-5-7-15-11-25-18(12-24-15)20(28)29-3/h4,6,8,10-12H,5,7,9H2,1-3H3,(H3,22,23,26,27). The average Bonchev–Trinajstić information content (AvgIpc) is 2.72. The van der Waals surface area contributed by atoms with E-state index in [2.05, 4.69) is 49.9 Å². The van der Waals surface area contributed by atoms with Crippen molar-refractivity contribution in [2.45, 2.75) is 26.7 Å². The molecule has 0 aliphatic carbocycles. The number of methoxy groups -OCH3 is 1. The molecule has 0 fully saturated rings. The number of aryl methyl sites for hydroxylation is 2. The van der Waals surface area contributed by atoms with Gasteiger partial charge in [0, 0.05) is 24.4 Å². The zero-order valence-electron chi connectivity index (χ0n) is 16.8. The summed E-state index contributed by atoms with van der Waals surface area (Å²) in [7, 11) is 1.31. The van der Waals surface area contributed by atoms with Gasteiger partial charge in [0.25, 0.3) is 0 Å². The lowest BCUT2D eigenvalue weighted by Crippen LogP contribution is -2.09. The summed E-state index contributed by atoms with van der Waals surface area (Å²) in [4.78, 5) is 28.3. The molecule has 8 nitrogen and oxygen atoms in total. The average molecular weight is 392 g/mol. The van der Waals surface area contributed by atoms with E-state index in [1.807, 2.05) is 18.2 Å². The van der Waals surface area contributed by atoms with Crippen LogP contribution in [0.2, 0.25) is 0 Å². The number of nitrogens with two attached hydrogens (primary N) is 1. The maximum Gasteiger partial charge on any atom is 0.358 e. The first-order chi connectivity index (χ1) is 14.0. The Bertz CT molecular complexity index is 1000. The monoisotopic (exact) mass is 392 g/mol. The predicted octanol–water partition coefficient (Wildman–Crippen LogP) is 2.96. The van der Waals surface area contributed by atoms with Crippen LogP contribution >= 0.6 is 0 Å². The van der Waals surface area contributed by atoms with E-state index in [0.717, 1.165) is 23.4 Å². The smallest absolute Gasteiger partial charge is 0.358 e. The Labute approximate surface area is 169 Å².